The van der Waals surface area contributed by atoms with Crippen molar-refractivity contribution in [3.8, 4) is 0 Å². The van der Waals surface area contributed by atoms with E-state index < -0.39 is 20.0 Å². The van der Waals surface area contributed by atoms with E-state index >= 15 is 0 Å². The Balaban J connectivity index is 2.20. The number of nitrogens with two attached hydrogens (primary N) is 1. The van der Waals surface area contributed by atoms with Crippen molar-refractivity contribution >= 4 is 20.0 Å². The SMILES string of the molecule is CN(C)S(=O)(=O)c1cccc(S(=O)(=O)NCC(N)C2CC2)c1. The second-order valence-corrected chi connectivity index (χ2v) is 9.53. The maximum absolute atomic E-state index is 12.3. The smallest absolute Gasteiger partial charge is 0.242 e. The van der Waals surface area contributed by atoms with Crippen LogP contribution < -0.4 is 10.5 Å². The molecule has 0 aromatic heterocycles. The summed E-state index contributed by atoms with van der Waals surface area (Å²) in [5, 5.41) is 0. The minimum Gasteiger partial charge on any atom is -0.326 e. The minimum absolute atomic E-state index is 0.0631. The lowest BCUT2D eigenvalue weighted by atomic mass is 10.2. The predicted molar refractivity (Wildman–Crippen MR) is 83.2 cm³/mol. The van der Waals surface area contributed by atoms with Crippen LogP contribution in [-0.2, 0) is 20.0 Å². The van der Waals surface area contributed by atoms with Crippen LogP contribution in [0.1, 0.15) is 12.8 Å². The molecule has 0 bridgehead atoms. The summed E-state index contributed by atoms with van der Waals surface area (Å²) >= 11 is 0. The third-order valence-corrected chi connectivity index (χ3v) is 6.86. The van der Waals surface area contributed by atoms with Crippen LogP contribution in [0.2, 0.25) is 0 Å². The molecule has 0 heterocycles. The number of rotatable bonds is 7. The molecule has 1 fully saturated rings. The highest BCUT2D eigenvalue weighted by molar-refractivity contribution is 7.90. The first-order valence-corrected chi connectivity index (χ1v) is 9.85. The normalized spacial score (nSPS) is 17.6. The Morgan fingerprint density at radius 3 is 2.36 bits per heavy atom. The van der Waals surface area contributed by atoms with Gasteiger partial charge < -0.3 is 5.73 Å². The zero-order chi connectivity index (χ0) is 16.5. The molecular formula is C13H21N3O4S2. The maximum Gasteiger partial charge on any atom is 0.242 e. The third kappa shape index (κ3) is 3.85. The van der Waals surface area contributed by atoms with Crippen molar-refractivity contribution < 1.29 is 16.8 Å². The van der Waals surface area contributed by atoms with Gasteiger partial charge in [0.2, 0.25) is 20.0 Å². The maximum atomic E-state index is 12.3. The van der Waals surface area contributed by atoms with E-state index in [1.807, 2.05) is 0 Å². The molecule has 1 atom stereocenters. The van der Waals surface area contributed by atoms with Crippen molar-refractivity contribution in [2.24, 2.45) is 11.7 Å². The summed E-state index contributed by atoms with van der Waals surface area (Å²) in [5.74, 6) is 0.378. The number of hydrogen-bond acceptors (Lipinski definition) is 5. The number of benzene rings is 1. The van der Waals surface area contributed by atoms with Crippen LogP contribution in [0.25, 0.3) is 0 Å². The van der Waals surface area contributed by atoms with Crippen molar-refractivity contribution in [1.82, 2.24) is 9.03 Å². The van der Waals surface area contributed by atoms with Gasteiger partial charge in [0.1, 0.15) is 0 Å². The van der Waals surface area contributed by atoms with Crippen LogP contribution in [-0.4, -0.2) is 47.8 Å². The van der Waals surface area contributed by atoms with Crippen molar-refractivity contribution in [2.75, 3.05) is 20.6 Å². The Bertz CT molecular complexity index is 740. The lowest BCUT2D eigenvalue weighted by Crippen LogP contribution is -2.38. The lowest BCUT2D eigenvalue weighted by Gasteiger charge is -2.14. The summed E-state index contributed by atoms with van der Waals surface area (Å²) in [6.07, 6.45) is 2.05. The van der Waals surface area contributed by atoms with E-state index in [1.54, 1.807) is 0 Å². The summed E-state index contributed by atoms with van der Waals surface area (Å²) in [6, 6.07) is 5.08. The summed E-state index contributed by atoms with van der Waals surface area (Å²) in [4.78, 5) is -0.148. The predicted octanol–water partition coefficient (Wildman–Crippen LogP) is -0.0475. The van der Waals surface area contributed by atoms with Crippen LogP contribution in [0.4, 0.5) is 0 Å². The summed E-state index contributed by atoms with van der Waals surface area (Å²) < 4.78 is 52.1. The fourth-order valence-corrected chi connectivity index (χ4v) is 4.13. The molecule has 2 rings (SSSR count). The Labute approximate surface area is 131 Å². The minimum atomic E-state index is -3.78. The van der Waals surface area contributed by atoms with Gasteiger partial charge in [0.05, 0.1) is 9.79 Å². The second-order valence-electron chi connectivity index (χ2n) is 5.62. The molecule has 1 unspecified atom stereocenters. The molecule has 3 N–H and O–H groups in total. The molecule has 0 saturated heterocycles. The van der Waals surface area contributed by atoms with Gasteiger partial charge in [-0.15, -0.1) is 0 Å². The molecule has 0 spiro atoms. The third-order valence-electron chi connectivity index (χ3n) is 3.63. The van der Waals surface area contributed by atoms with E-state index in [4.69, 9.17) is 5.73 Å². The molecule has 0 amide bonds. The molecule has 1 saturated carbocycles. The number of nitrogens with zero attached hydrogens (tertiary/aromatic N) is 1. The summed E-state index contributed by atoms with van der Waals surface area (Å²) in [7, 11) is -4.68. The van der Waals surface area contributed by atoms with Gasteiger partial charge in [0, 0.05) is 26.7 Å². The number of nitrogens with one attached hydrogen (secondary N) is 1. The first-order valence-electron chi connectivity index (χ1n) is 6.92. The van der Waals surface area contributed by atoms with Crippen molar-refractivity contribution in [3.63, 3.8) is 0 Å². The van der Waals surface area contributed by atoms with Gasteiger partial charge >= 0.3 is 0 Å². The summed E-state index contributed by atoms with van der Waals surface area (Å²) in [5.41, 5.74) is 5.87. The van der Waals surface area contributed by atoms with E-state index in [1.165, 1.54) is 32.3 Å². The van der Waals surface area contributed by atoms with Gasteiger partial charge in [-0.05, 0) is 37.0 Å². The van der Waals surface area contributed by atoms with Crippen LogP contribution in [0.3, 0.4) is 0 Å². The first kappa shape index (κ1) is 17.4. The summed E-state index contributed by atoms with van der Waals surface area (Å²) in [6.45, 7) is 0.150. The van der Waals surface area contributed by atoms with Gasteiger partial charge in [0.25, 0.3) is 0 Å². The van der Waals surface area contributed by atoms with Crippen LogP contribution >= 0.6 is 0 Å². The molecule has 9 heteroatoms. The molecule has 0 radical (unpaired) electrons. The number of sulfonamides is 2. The zero-order valence-corrected chi connectivity index (χ0v) is 14.2. The number of hydrogen-bond donors (Lipinski definition) is 2. The topological polar surface area (TPSA) is 110 Å². The van der Waals surface area contributed by atoms with Gasteiger partial charge in [-0.3, -0.25) is 0 Å². The highest BCUT2D eigenvalue weighted by Crippen LogP contribution is 2.31. The lowest BCUT2D eigenvalue weighted by molar-refractivity contribution is 0.520. The molecule has 1 aromatic carbocycles. The quantitative estimate of drug-likeness (QED) is 0.719. The molecule has 22 heavy (non-hydrogen) atoms. The van der Waals surface area contributed by atoms with E-state index in [0.717, 1.165) is 23.2 Å². The van der Waals surface area contributed by atoms with Crippen molar-refractivity contribution in [2.45, 2.75) is 28.7 Å². The highest BCUT2D eigenvalue weighted by Gasteiger charge is 2.29. The van der Waals surface area contributed by atoms with Crippen molar-refractivity contribution in [3.05, 3.63) is 24.3 Å². The van der Waals surface area contributed by atoms with E-state index in [-0.39, 0.29) is 22.4 Å². The Hall–Kier alpha value is -1.00. The molecule has 0 aliphatic heterocycles. The molecule has 1 aromatic rings. The van der Waals surface area contributed by atoms with Gasteiger partial charge in [-0.2, -0.15) is 0 Å². The zero-order valence-electron chi connectivity index (χ0n) is 12.6. The molecular weight excluding hydrogens is 326 g/mol. The Morgan fingerprint density at radius 2 is 1.82 bits per heavy atom. The fourth-order valence-electron chi connectivity index (χ4n) is 1.99. The average molecular weight is 347 g/mol. The second kappa shape index (κ2) is 6.25. The largest absolute Gasteiger partial charge is 0.326 e. The highest BCUT2D eigenvalue weighted by atomic mass is 32.2. The van der Waals surface area contributed by atoms with E-state index in [9.17, 15) is 16.8 Å². The van der Waals surface area contributed by atoms with Gasteiger partial charge in [-0.1, -0.05) is 6.07 Å². The average Bonchev–Trinajstić information content (AvgIpc) is 3.29. The van der Waals surface area contributed by atoms with Gasteiger partial charge in [0.15, 0.2) is 0 Å². The fraction of sp³-hybridized carbons (Fsp3) is 0.538. The van der Waals surface area contributed by atoms with Crippen molar-refractivity contribution in [1.29, 1.82) is 0 Å². The molecule has 1 aliphatic rings. The molecule has 124 valence electrons. The first-order chi connectivity index (χ1) is 10.1. The standard InChI is InChI=1S/C13H21N3O4S2/c1-16(2)22(19,20)12-5-3-4-11(8-12)21(17,18)15-9-13(14)10-6-7-10/h3-5,8,10,13,15H,6-7,9,14H2,1-2H3. The van der Waals surface area contributed by atoms with Gasteiger partial charge in [-0.25, -0.2) is 25.9 Å². The molecule has 7 nitrogen and oxygen atoms in total. The van der Waals surface area contributed by atoms with Crippen LogP contribution in [0.5, 0.6) is 0 Å². The Kier molecular flexibility index (Phi) is 4.93. The Morgan fingerprint density at radius 1 is 1.23 bits per heavy atom. The molecule has 1 aliphatic carbocycles. The van der Waals surface area contributed by atoms with E-state index in [0.29, 0.717) is 5.92 Å². The van der Waals surface area contributed by atoms with E-state index in [2.05, 4.69) is 4.72 Å². The van der Waals surface area contributed by atoms with Crippen LogP contribution in [0.15, 0.2) is 34.1 Å². The monoisotopic (exact) mass is 347 g/mol. The van der Waals surface area contributed by atoms with Crippen LogP contribution in [0, 0.1) is 5.92 Å².